The van der Waals surface area contributed by atoms with Gasteiger partial charge in [-0.25, -0.2) is 0 Å². The molecule has 25 heavy (non-hydrogen) atoms. The zero-order valence-electron chi connectivity index (χ0n) is 13.7. The molecule has 0 radical (unpaired) electrons. The fraction of sp³-hybridized carbons (Fsp3) is 0.263. The Morgan fingerprint density at radius 1 is 1.04 bits per heavy atom. The van der Waals surface area contributed by atoms with E-state index in [4.69, 9.17) is 10.00 Å². The van der Waals surface area contributed by atoms with Crippen LogP contribution in [0.3, 0.4) is 0 Å². The first-order valence-electron chi connectivity index (χ1n) is 8.07. The molecule has 0 N–H and O–H groups in total. The Balaban J connectivity index is 1.48. The van der Waals surface area contributed by atoms with Crippen molar-refractivity contribution in [2.75, 3.05) is 37.7 Å². The summed E-state index contributed by atoms with van der Waals surface area (Å²) in [6.07, 6.45) is 0. The molecule has 0 spiro atoms. The van der Waals surface area contributed by atoms with Gasteiger partial charge < -0.3 is 14.5 Å². The molecule has 5 nitrogen and oxygen atoms in total. The molecule has 3 rings (SSSR count). The molecule has 0 unspecified atom stereocenters. The molecule has 0 aromatic heterocycles. The Bertz CT molecular complexity index is 761. The van der Waals surface area contributed by atoms with E-state index in [-0.39, 0.29) is 12.5 Å². The summed E-state index contributed by atoms with van der Waals surface area (Å²) in [4.78, 5) is 16.4. The number of nitriles is 1. The van der Waals surface area contributed by atoms with Crippen LogP contribution in [0.4, 0.5) is 5.69 Å². The van der Waals surface area contributed by atoms with Crippen LogP contribution < -0.4 is 9.64 Å². The normalized spacial score (nSPS) is 14.1. The molecule has 1 saturated heterocycles. The second kappa shape index (κ2) is 8.04. The summed E-state index contributed by atoms with van der Waals surface area (Å²) in [5, 5.41) is 8.86. The molecule has 1 fully saturated rings. The number of piperazine rings is 1. The lowest BCUT2D eigenvalue weighted by Crippen LogP contribution is -2.50. The minimum atomic E-state index is 0.00222. The second-order valence-corrected chi connectivity index (χ2v) is 6.68. The van der Waals surface area contributed by atoms with Crippen molar-refractivity contribution in [2.45, 2.75) is 0 Å². The van der Waals surface area contributed by atoms with E-state index in [0.717, 1.165) is 23.2 Å². The quantitative estimate of drug-likeness (QED) is 0.792. The number of anilines is 1. The van der Waals surface area contributed by atoms with Crippen LogP contribution in [0.2, 0.25) is 0 Å². The fourth-order valence-electron chi connectivity index (χ4n) is 2.73. The van der Waals surface area contributed by atoms with Gasteiger partial charge in [-0.1, -0.05) is 15.9 Å². The average molecular weight is 400 g/mol. The first-order chi connectivity index (χ1) is 12.2. The van der Waals surface area contributed by atoms with Gasteiger partial charge in [-0.3, -0.25) is 4.79 Å². The van der Waals surface area contributed by atoms with Gasteiger partial charge in [0.05, 0.1) is 11.6 Å². The maximum atomic E-state index is 12.3. The molecule has 1 heterocycles. The van der Waals surface area contributed by atoms with Crippen molar-refractivity contribution in [1.29, 1.82) is 5.26 Å². The van der Waals surface area contributed by atoms with Crippen LogP contribution in [0.15, 0.2) is 53.0 Å². The number of carbonyl (C=O) groups is 1. The Kier molecular flexibility index (Phi) is 5.56. The van der Waals surface area contributed by atoms with Crippen molar-refractivity contribution >= 4 is 27.5 Å². The molecule has 0 aliphatic carbocycles. The number of hydrogen-bond acceptors (Lipinski definition) is 4. The summed E-state index contributed by atoms with van der Waals surface area (Å²) < 4.78 is 6.53. The largest absolute Gasteiger partial charge is 0.484 e. The second-order valence-electron chi connectivity index (χ2n) is 5.77. The zero-order valence-corrected chi connectivity index (χ0v) is 15.3. The number of halogens is 1. The maximum absolute atomic E-state index is 12.3. The Morgan fingerprint density at radius 3 is 2.28 bits per heavy atom. The average Bonchev–Trinajstić information content (AvgIpc) is 2.67. The van der Waals surface area contributed by atoms with E-state index in [1.807, 2.05) is 53.4 Å². The van der Waals surface area contributed by atoms with Crippen molar-refractivity contribution in [3.8, 4) is 11.8 Å². The SMILES string of the molecule is N#Cc1ccc(N2CCN(C(=O)COc3ccc(Br)cc3)CC2)cc1. The van der Waals surface area contributed by atoms with Crippen molar-refractivity contribution in [3.63, 3.8) is 0 Å². The van der Waals surface area contributed by atoms with Crippen LogP contribution in [0.1, 0.15) is 5.56 Å². The molecule has 2 aromatic carbocycles. The predicted molar refractivity (Wildman–Crippen MR) is 99.6 cm³/mol. The fourth-order valence-corrected chi connectivity index (χ4v) is 2.99. The third kappa shape index (κ3) is 4.52. The standard InChI is InChI=1S/C19H18BrN3O2/c20-16-3-7-18(8-4-16)25-14-19(24)23-11-9-22(10-12-23)17-5-1-15(13-21)2-6-17/h1-8H,9-12,14H2. The highest BCUT2D eigenvalue weighted by Crippen LogP contribution is 2.18. The van der Waals surface area contributed by atoms with E-state index in [0.29, 0.717) is 24.4 Å². The van der Waals surface area contributed by atoms with Crippen LogP contribution in [-0.2, 0) is 4.79 Å². The summed E-state index contributed by atoms with van der Waals surface area (Å²) in [5.41, 5.74) is 1.74. The number of hydrogen-bond donors (Lipinski definition) is 0. The highest BCUT2D eigenvalue weighted by atomic mass is 79.9. The van der Waals surface area contributed by atoms with Crippen molar-refractivity contribution in [2.24, 2.45) is 0 Å². The van der Waals surface area contributed by atoms with Gasteiger partial charge in [-0.2, -0.15) is 5.26 Å². The Hall–Kier alpha value is -2.52. The van der Waals surface area contributed by atoms with Gasteiger partial charge in [0.2, 0.25) is 0 Å². The van der Waals surface area contributed by atoms with Crippen LogP contribution in [0, 0.1) is 11.3 Å². The molecule has 0 saturated carbocycles. The van der Waals surface area contributed by atoms with Crippen molar-refractivity contribution < 1.29 is 9.53 Å². The van der Waals surface area contributed by atoms with Crippen LogP contribution >= 0.6 is 15.9 Å². The maximum Gasteiger partial charge on any atom is 0.260 e. The molecule has 1 amide bonds. The summed E-state index contributed by atoms with van der Waals surface area (Å²) in [7, 11) is 0. The highest BCUT2D eigenvalue weighted by molar-refractivity contribution is 9.10. The lowest BCUT2D eigenvalue weighted by molar-refractivity contribution is -0.133. The lowest BCUT2D eigenvalue weighted by atomic mass is 10.2. The van der Waals surface area contributed by atoms with Crippen LogP contribution in [0.5, 0.6) is 5.75 Å². The Morgan fingerprint density at radius 2 is 1.68 bits per heavy atom. The van der Waals surface area contributed by atoms with Gasteiger partial charge in [-0.15, -0.1) is 0 Å². The number of nitrogens with zero attached hydrogens (tertiary/aromatic N) is 3. The molecule has 0 bridgehead atoms. The minimum absolute atomic E-state index is 0.00222. The first-order valence-corrected chi connectivity index (χ1v) is 8.86. The monoisotopic (exact) mass is 399 g/mol. The number of amides is 1. The molecule has 2 aromatic rings. The van der Waals surface area contributed by atoms with Gasteiger partial charge in [0.15, 0.2) is 6.61 Å². The van der Waals surface area contributed by atoms with Crippen molar-refractivity contribution in [1.82, 2.24) is 4.90 Å². The smallest absolute Gasteiger partial charge is 0.260 e. The molecular formula is C19H18BrN3O2. The minimum Gasteiger partial charge on any atom is -0.484 e. The first kappa shape index (κ1) is 17.3. The summed E-state index contributed by atoms with van der Waals surface area (Å²) in [6.45, 7) is 2.94. The van der Waals surface area contributed by atoms with Gasteiger partial charge in [0.1, 0.15) is 5.75 Å². The van der Waals surface area contributed by atoms with Gasteiger partial charge >= 0.3 is 0 Å². The number of carbonyl (C=O) groups excluding carboxylic acids is 1. The molecule has 128 valence electrons. The van der Waals surface area contributed by atoms with E-state index in [2.05, 4.69) is 26.9 Å². The molecule has 6 heteroatoms. The van der Waals surface area contributed by atoms with E-state index in [1.54, 1.807) is 0 Å². The molecule has 0 atom stereocenters. The number of ether oxygens (including phenoxy) is 1. The van der Waals surface area contributed by atoms with E-state index in [1.165, 1.54) is 0 Å². The van der Waals surface area contributed by atoms with Crippen LogP contribution in [0.25, 0.3) is 0 Å². The van der Waals surface area contributed by atoms with E-state index in [9.17, 15) is 4.79 Å². The molecule has 1 aliphatic rings. The molecule has 1 aliphatic heterocycles. The number of benzene rings is 2. The van der Waals surface area contributed by atoms with E-state index < -0.39 is 0 Å². The van der Waals surface area contributed by atoms with Gasteiger partial charge in [0, 0.05) is 36.3 Å². The van der Waals surface area contributed by atoms with Gasteiger partial charge in [-0.05, 0) is 48.5 Å². The summed E-state index contributed by atoms with van der Waals surface area (Å²) >= 11 is 3.37. The lowest BCUT2D eigenvalue weighted by Gasteiger charge is -2.36. The Labute approximate surface area is 155 Å². The zero-order chi connectivity index (χ0) is 17.6. The predicted octanol–water partition coefficient (Wildman–Crippen LogP) is 3.05. The van der Waals surface area contributed by atoms with Gasteiger partial charge in [0.25, 0.3) is 5.91 Å². The summed E-state index contributed by atoms with van der Waals surface area (Å²) in [6, 6.07) is 17.1. The highest BCUT2D eigenvalue weighted by Gasteiger charge is 2.21. The topological polar surface area (TPSA) is 56.6 Å². The van der Waals surface area contributed by atoms with Crippen LogP contribution in [-0.4, -0.2) is 43.6 Å². The third-order valence-electron chi connectivity index (χ3n) is 4.17. The third-order valence-corrected chi connectivity index (χ3v) is 4.70. The molecular weight excluding hydrogens is 382 g/mol. The summed E-state index contributed by atoms with van der Waals surface area (Å²) in [5.74, 6) is 0.690. The van der Waals surface area contributed by atoms with E-state index >= 15 is 0 Å². The van der Waals surface area contributed by atoms with Crippen molar-refractivity contribution in [3.05, 3.63) is 58.6 Å². The number of rotatable bonds is 4.